The highest BCUT2D eigenvalue weighted by atomic mass is 35.5. The Morgan fingerprint density at radius 1 is 1.09 bits per heavy atom. The number of carbonyl (C=O) groups excluding carboxylic acids is 1. The third-order valence-corrected chi connectivity index (χ3v) is 9.00. The van der Waals surface area contributed by atoms with E-state index in [0.29, 0.717) is 81.1 Å². The Hall–Kier alpha value is -4.44. The number of rotatable bonds is 8. The number of fused-ring (bicyclic) bond motifs is 1. The molecule has 9 nitrogen and oxygen atoms in total. The highest BCUT2D eigenvalue weighted by molar-refractivity contribution is 6.39. The molecule has 0 saturated carbocycles. The van der Waals surface area contributed by atoms with Gasteiger partial charge in [-0.3, -0.25) is 9.78 Å². The smallest absolute Gasteiger partial charge is 0.407 e. The van der Waals surface area contributed by atoms with Crippen molar-refractivity contribution < 1.29 is 24.2 Å². The maximum Gasteiger partial charge on any atom is 0.407 e. The summed E-state index contributed by atoms with van der Waals surface area (Å²) >= 11 is 14.0. The van der Waals surface area contributed by atoms with Gasteiger partial charge in [-0.05, 0) is 37.1 Å². The first-order valence-corrected chi connectivity index (χ1v) is 15.2. The summed E-state index contributed by atoms with van der Waals surface area (Å²) in [6.45, 7) is 1.27. The molecule has 0 aliphatic carbocycles. The lowest BCUT2D eigenvalue weighted by atomic mass is 9.99. The average Bonchev–Trinajstić information content (AvgIpc) is 3.39. The highest BCUT2D eigenvalue weighted by Gasteiger charge is 2.27. The lowest BCUT2D eigenvalue weighted by Gasteiger charge is -2.32. The number of methoxy groups -OCH3 is 1. The molecule has 1 aliphatic rings. The number of aldehydes is 1. The Morgan fingerprint density at radius 2 is 1.84 bits per heavy atom. The summed E-state index contributed by atoms with van der Waals surface area (Å²) in [6, 6.07) is 16.6. The fourth-order valence-electron chi connectivity index (χ4n) is 5.87. The summed E-state index contributed by atoms with van der Waals surface area (Å²) in [4.78, 5) is 34.4. The number of amides is 1. The van der Waals surface area contributed by atoms with Crippen molar-refractivity contribution >= 4 is 46.6 Å². The zero-order valence-electron chi connectivity index (χ0n) is 24.7. The second-order valence-corrected chi connectivity index (χ2v) is 11.6. The van der Waals surface area contributed by atoms with Gasteiger partial charge >= 0.3 is 6.09 Å². The molecule has 1 N–H and O–H groups in total. The van der Waals surface area contributed by atoms with Gasteiger partial charge in [0.05, 0.1) is 35.1 Å². The number of halogens is 2. The molecule has 0 atom stereocenters. The van der Waals surface area contributed by atoms with Gasteiger partial charge < -0.3 is 24.0 Å². The topological polar surface area (TPSA) is 107 Å². The molecule has 3 aromatic heterocycles. The number of ether oxygens (including phenoxy) is 2. The monoisotopic (exact) mass is 644 g/mol. The molecule has 45 heavy (non-hydrogen) atoms. The molecule has 4 heterocycles. The molecule has 1 amide bonds. The number of pyridine rings is 2. The van der Waals surface area contributed by atoms with Crippen LogP contribution in [0.5, 0.6) is 5.75 Å². The Morgan fingerprint density at radius 3 is 2.58 bits per heavy atom. The van der Waals surface area contributed by atoms with Gasteiger partial charge in [0.2, 0.25) is 0 Å². The lowest BCUT2D eigenvalue weighted by Crippen LogP contribution is -2.42. The number of carbonyl (C=O) groups is 2. The Kier molecular flexibility index (Phi) is 8.76. The molecule has 230 valence electrons. The molecule has 11 heteroatoms. The minimum absolute atomic E-state index is 0.118. The number of nitrogens with zero attached hydrogens (tertiary/aromatic N) is 4. The van der Waals surface area contributed by atoms with E-state index in [1.807, 2.05) is 66.2 Å². The first kappa shape index (κ1) is 30.6. The molecule has 1 fully saturated rings. The maximum absolute atomic E-state index is 12.1. The average molecular weight is 646 g/mol. The molecule has 0 radical (unpaired) electrons. The van der Waals surface area contributed by atoms with Gasteiger partial charge in [0.1, 0.15) is 11.4 Å². The molecule has 0 spiro atoms. The van der Waals surface area contributed by atoms with E-state index in [0.717, 1.165) is 22.8 Å². The van der Waals surface area contributed by atoms with Crippen molar-refractivity contribution in [1.29, 1.82) is 0 Å². The largest absolute Gasteiger partial charge is 0.496 e. The quantitative estimate of drug-likeness (QED) is 0.172. The fraction of sp³-hybridized carbons (Fsp3) is 0.235. The molecule has 5 aromatic rings. The maximum atomic E-state index is 12.1. The van der Waals surface area contributed by atoms with Gasteiger partial charge in [-0.2, -0.15) is 0 Å². The number of aryl methyl sites for hydroxylation is 1. The predicted octanol–water partition coefficient (Wildman–Crippen LogP) is 7.76. The van der Waals surface area contributed by atoms with Gasteiger partial charge in [0.25, 0.3) is 0 Å². The molecule has 1 aliphatic heterocycles. The van der Waals surface area contributed by atoms with Crippen LogP contribution >= 0.6 is 23.2 Å². The minimum Gasteiger partial charge on any atom is -0.496 e. The molecular formula is C34H30Cl2N4O5. The predicted molar refractivity (Wildman–Crippen MR) is 174 cm³/mol. The van der Waals surface area contributed by atoms with Gasteiger partial charge in [0.15, 0.2) is 6.29 Å². The van der Waals surface area contributed by atoms with Crippen molar-refractivity contribution in [3.63, 3.8) is 0 Å². The van der Waals surface area contributed by atoms with Crippen LogP contribution < -0.4 is 4.74 Å². The van der Waals surface area contributed by atoms with Crippen LogP contribution in [0.2, 0.25) is 10.0 Å². The van der Waals surface area contributed by atoms with Crippen LogP contribution in [0, 0.1) is 0 Å². The van der Waals surface area contributed by atoms with Crippen molar-refractivity contribution in [1.82, 2.24) is 19.4 Å². The van der Waals surface area contributed by atoms with E-state index in [-0.39, 0.29) is 12.6 Å². The van der Waals surface area contributed by atoms with Crippen molar-refractivity contribution in [2.24, 2.45) is 7.05 Å². The first-order valence-electron chi connectivity index (χ1n) is 14.4. The van der Waals surface area contributed by atoms with Crippen LogP contribution in [0.4, 0.5) is 4.79 Å². The van der Waals surface area contributed by atoms with E-state index in [1.54, 1.807) is 19.5 Å². The van der Waals surface area contributed by atoms with Crippen LogP contribution in [-0.2, 0) is 18.3 Å². The van der Waals surface area contributed by atoms with Crippen LogP contribution in [0.1, 0.15) is 28.8 Å². The Bertz CT molecular complexity index is 1920. The van der Waals surface area contributed by atoms with Crippen molar-refractivity contribution in [2.75, 3.05) is 20.3 Å². The fourth-order valence-corrected chi connectivity index (χ4v) is 6.52. The van der Waals surface area contributed by atoms with Crippen LogP contribution in [0.25, 0.3) is 44.7 Å². The highest BCUT2D eigenvalue weighted by Crippen LogP contribution is 2.42. The lowest BCUT2D eigenvalue weighted by molar-refractivity contribution is 0.0330. The van der Waals surface area contributed by atoms with E-state index in [1.165, 1.54) is 4.90 Å². The molecule has 2 aromatic carbocycles. The SMILES string of the molecule is COc1cc(-c2nccc(-c3cccc(-c4ccc5c(C=O)cn(C)c5n4)c3Cl)c2Cl)ccc1CN(C(=O)O)C1CCOCC1. The third kappa shape index (κ3) is 5.86. The second kappa shape index (κ2) is 12.9. The summed E-state index contributed by atoms with van der Waals surface area (Å²) in [5.41, 5.74) is 6.02. The van der Waals surface area contributed by atoms with Gasteiger partial charge in [0, 0.05) is 77.5 Å². The number of carboxylic acid groups (broad SMARTS) is 1. The van der Waals surface area contributed by atoms with Crippen LogP contribution in [-0.4, -0.2) is 63.3 Å². The van der Waals surface area contributed by atoms with Gasteiger partial charge in [-0.15, -0.1) is 0 Å². The molecule has 1 saturated heterocycles. The molecular weight excluding hydrogens is 615 g/mol. The number of aromatic nitrogens is 3. The van der Waals surface area contributed by atoms with E-state index in [2.05, 4.69) is 4.98 Å². The molecule has 0 unspecified atom stereocenters. The summed E-state index contributed by atoms with van der Waals surface area (Å²) in [7, 11) is 3.40. The summed E-state index contributed by atoms with van der Waals surface area (Å²) in [5.74, 6) is 0.536. The van der Waals surface area contributed by atoms with E-state index < -0.39 is 6.09 Å². The zero-order chi connectivity index (χ0) is 31.7. The first-order chi connectivity index (χ1) is 21.8. The van der Waals surface area contributed by atoms with E-state index in [9.17, 15) is 14.7 Å². The van der Waals surface area contributed by atoms with Gasteiger partial charge in [-0.1, -0.05) is 53.5 Å². The Labute approximate surface area is 269 Å². The minimum atomic E-state index is -0.978. The van der Waals surface area contributed by atoms with Crippen molar-refractivity contribution in [2.45, 2.75) is 25.4 Å². The van der Waals surface area contributed by atoms with Crippen LogP contribution in [0.15, 0.2) is 67.0 Å². The normalized spacial score (nSPS) is 13.6. The third-order valence-electron chi connectivity index (χ3n) is 8.21. The number of hydrogen-bond donors (Lipinski definition) is 1. The van der Waals surface area contributed by atoms with Crippen molar-refractivity contribution in [3.8, 4) is 39.4 Å². The van der Waals surface area contributed by atoms with E-state index in [4.69, 9.17) is 37.7 Å². The molecule has 6 rings (SSSR count). The number of benzene rings is 2. The number of hydrogen-bond acceptors (Lipinski definition) is 6. The Balaban J connectivity index is 1.34. The zero-order valence-corrected chi connectivity index (χ0v) is 26.2. The molecule has 0 bridgehead atoms. The van der Waals surface area contributed by atoms with Crippen LogP contribution in [0.3, 0.4) is 0 Å². The van der Waals surface area contributed by atoms with Crippen molar-refractivity contribution in [3.05, 3.63) is 88.2 Å². The van der Waals surface area contributed by atoms with E-state index >= 15 is 0 Å². The summed E-state index contributed by atoms with van der Waals surface area (Å²) in [6.07, 6.45) is 4.57. The summed E-state index contributed by atoms with van der Waals surface area (Å²) < 4.78 is 12.9. The second-order valence-electron chi connectivity index (χ2n) is 10.8. The summed E-state index contributed by atoms with van der Waals surface area (Å²) in [5, 5.41) is 11.6. The standard InChI is InChI=1S/C34H30Cl2N4O5/c1-39-17-22(19-41)24-8-9-28(38-33(24)39)27-5-3-4-25(30(27)35)26-10-13-37-32(31(26)36)20-6-7-21(29(16-20)44-2)18-40(34(42)43)23-11-14-45-15-12-23/h3-10,13,16-17,19,23H,11-12,14-15,18H2,1-2H3,(H,42,43). The van der Waals surface area contributed by atoms with Gasteiger partial charge in [-0.25, -0.2) is 9.78 Å².